The van der Waals surface area contributed by atoms with Gasteiger partial charge in [0.05, 0.1) is 11.1 Å². The van der Waals surface area contributed by atoms with Crippen LogP contribution in [0.5, 0.6) is 0 Å². The number of rotatable bonds is 2. The zero-order valence-corrected chi connectivity index (χ0v) is 10.9. The van der Waals surface area contributed by atoms with Crippen LogP contribution in [0.25, 0.3) is 22.4 Å². The van der Waals surface area contributed by atoms with Crippen molar-refractivity contribution in [1.82, 2.24) is 4.98 Å². The van der Waals surface area contributed by atoms with Crippen molar-refractivity contribution in [2.24, 2.45) is 0 Å². The predicted molar refractivity (Wildman–Crippen MR) is 71.4 cm³/mol. The number of nitrogens with zero attached hydrogens (tertiary/aromatic N) is 1. The number of halogens is 3. The van der Waals surface area contributed by atoms with Crippen LogP contribution in [0, 0.1) is 0 Å². The minimum Gasteiger partial charge on any atom is -0.478 e. The Morgan fingerprint density at radius 2 is 1.95 bits per heavy atom. The second-order valence-electron chi connectivity index (χ2n) is 4.57. The van der Waals surface area contributed by atoms with E-state index in [2.05, 4.69) is 4.98 Å². The van der Waals surface area contributed by atoms with Crippen molar-refractivity contribution in [2.75, 3.05) is 0 Å². The zero-order valence-electron chi connectivity index (χ0n) is 10.9. The lowest BCUT2D eigenvalue weighted by molar-refractivity contribution is -0.136. The molecule has 22 heavy (non-hydrogen) atoms. The van der Waals surface area contributed by atoms with Crippen LogP contribution < -0.4 is 0 Å². The maximum absolute atomic E-state index is 12.9. The number of pyridine rings is 1. The molecule has 0 aliphatic carbocycles. The first kappa shape index (κ1) is 14.1. The maximum atomic E-state index is 12.9. The number of carbonyl (C=O) groups is 1. The zero-order chi connectivity index (χ0) is 15.9. The molecule has 0 aliphatic heterocycles. The van der Waals surface area contributed by atoms with Gasteiger partial charge in [-0.25, -0.2) is 4.79 Å². The fraction of sp³-hybridized carbons (Fsp3) is 0.0667. The predicted octanol–water partition coefficient (Wildman–Crippen LogP) is 4.21. The lowest BCUT2D eigenvalue weighted by Crippen LogP contribution is -2.04. The first-order chi connectivity index (χ1) is 10.4. The van der Waals surface area contributed by atoms with Gasteiger partial charge in [-0.3, -0.25) is 4.98 Å². The molecule has 0 unspecified atom stereocenters. The summed E-state index contributed by atoms with van der Waals surface area (Å²) < 4.78 is 44.1. The van der Waals surface area contributed by atoms with Crippen LogP contribution in [0.15, 0.2) is 47.0 Å². The third-order valence-electron chi connectivity index (χ3n) is 3.11. The Kier molecular flexibility index (Phi) is 3.13. The van der Waals surface area contributed by atoms with Gasteiger partial charge in [0, 0.05) is 11.6 Å². The molecule has 1 aromatic carbocycles. The van der Waals surface area contributed by atoms with E-state index in [1.807, 2.05) is 0 Å². The molecule has 0 fully saturated rings. The van der Waals surface area contributed by atoms with Crippen molar-refractivity contribution in [3.05, 3.63) is 53.7 Å². The molecule has 112 valence electrons. The second kappa shape index (κ2) is 4.87. The number of carboxylic acid groups (broad SMARTS) is 1. The number of furan rings is 1. The van der Waals surface area contributed by atoms with E-state index in [-0.39, 0.29) is 22.6 Å². The van der Waals surface area contributed by atoms with Crippen molar-refractivity contribution < 1.29 is 27.5 Å². The molecule has 0 spiro atoms. The number of para-hydroxylation sites is 1. The van der Waals surface area contributed by atoms with E-state index < -0.39 is 17.7 Å². The number of carboxylic acids is 1. The summed E-state index contributed by atoms with van der Waals surface area (Å²) in [6.07, 6.45) is -3.40. The van der Waals surface area contributed by atoms with Crippen LogP contribution in [-0.4, -0.2) is 16.1 Å². The topological polar surface area (TPSA) is 63.3 Å². The molecule has 1 N–H and O–H groups in total. The number of hydrogen-bond acceptors (Lipinski definition) is 3. The number of aromatic nitrogens is 1. The molecule has 0 amide bonds. The van der Waals surface area contributed by atoms with E-state index in [0.29, 0.717) is 5.39 Å². The first-order valence-electron chi connectivity index (χ1n) is 6.16. The third kappa shape index (κ3) is 2.41. The van der Waals surface area contributed by atoms with Gasteiger partial charge in [-0.1, -0.05) is 12.1 Å². The van der Waals surface area contributed by atoms with Gasteiger partial charge in [-0.2, -0.15) is 13.2 Å². The van der Waals surface area contributed by atoms with E-state index in [9.17, 15) is 18.0 Å². The minimum atomic E-state index is -4.52. The van der Waals surface area contributed by atoms with Gasteiger partial charge in [-0.15, -0.1) is 0 Å². The molecular weight excluding hydrogens is 299 g/mol. The van der Waals surface area contributed by atoms with E-state index in [1.165, 1.54) is 30.3 Å². The fourth-order valence-electron chi connectivity index (χ4n) is 2.08. The van der Waals surface area contributed by atoms with Crippen molar-refractivity contribution in [3.63, 3.8) is 0 Å². The number of alkyl halides is 3. The standard InChI is InChI=1S/C15H8F3NO3/c16-15(17,18)10-3-1-2-8-6-12(22-13(8)10)11-5-4-9(7-19-11)14(20)21/h1-7H,(H,20,21). The van der Waals surface area contributed by atoms with Crippen LogP contribution in [0.1, 0.15) is 15.9 Å². The molecule has 0 bridgehead atoms. The highest BCUT2D eigenvalue weighted by atomic mass is 19.4. The average molecular weight is 307 g/mol. The third-order valence-corrected chi connectivity index (χ3v) is 3.11. The van der Waals surface area contributed by atoms with E-state index in [1.54, 1.807) is 0 Å². The van der Waals surface area contributed by atoms with Gasteiger partial charge in [0.2, 0.25) is 0 Å². The molecule has 7 heteroatoms. The highest BCUT2D eigenvalue weighted by Gasteiger charge is 2.34. The van der Waals surface area contributed by atoms with Crippen molar-refractivity contribution in [3.8, 4) is 11.5 Å². The van der Waals surface area contributed by atoms with E-state index >= 15 is 0 Å². The second-order valence-corrected chi connectivity index (χ2v) is 4.57. The van der Waals surface area contributed by atoms with Crippen LogP contribution in [0.2, 0.25) is 0 Å². The molecule has 0 saturated heterocycles. The summed E-state index contributed by atoms with van der Waals surface area (Å²) in [5.74, 6) is -0.994. The van der Waals surface area contributed by atoms with Crippen molar-refractivity contribution in [1.29, 1.82) is 0 Å². The summed E-state index contributed by atoms with van der Waals surface area (Å²) in [4.78, 5) is 14.7. The quantitative estimate of drug-likeness (QED) is 0.770. The Bertz CT molecular complexity index is 851. The molecule has 2 aromatic heterocycles. The Labute approximate surface area is 121 Å². The number of aromatic carboxylic acids is 1. The van der Waals surface area contributed by atoms with Gasteiger partial charge in [0.15, 0.2) is 5.76 Å². The smallest absolute Gasteiger partial charge is 0.420 e. The van der Waals surface area contributed by atoms with Gasteiger partial charge in [0.1, 0.15) is 11.3 Å². The largest absolute Gasteiger partial charge is 0.478 e. The van der Waals surface area contributed by atoms with Crippen LogP contribution in [0.4, 0.5) is 13.2 Å². The summed E-state index contributed by atoms with van der Waals surface area (Å²) in [5.41, 5.74) is -0.891. The molecule has 0 radical (unpaired) electrons. The van der Waals surface area contributed by atoms with Crippen LogP contribution in [0.3, 0.4) is 0 Å². The lowest BCUT2D eigenvalue weighted by atomic mass is 10.1. The van der Waals surface area contributed by atoms with Crippen LogP contribution >= 0.6 is 0 Å². The normalized spacial score (nSPS) is 11.8. The SMILES string of the molecule is O=C(O)c1ccc(-c2cc3cccc(C(F)(F)F)c3o2)nc1. The Balaban J connectivity index is 2.11. The summed E-state index contributed by atoms with van der Waals surface area (Å²) >= 11 is 0. The number of fused-ring (bicyclic) bond motifs is 1. The lowest BCUT2D eigenvalue weighted by Gasteiger charge is -2.06. The first-order valence-corrected chi connectivity index (χ1v) is 6.16. The van der Waals surface area contributed by atoms with Gasteiger partial charge < -0.3 is 9.52 Å². The van der Waals surface area contributed by atoms with Crippen molar-refractivity contribution >= 4 is 16.9 Å². The Morgan fingerprint density at radius 3 is 2.55 bits per heavy atom. The molecule has 0 atom stereocenters. The average Bonchev–Trinajstić information content (AvgIpc) is 2.90. The number of benzene rings is 1. The summed E-state index contributed by atoms with van der Waals surface area (Å²) in [7, 11) is 0. The Hall–Kier alpha value is -2.83. The summed E-state index contributed by atoms with van der Waals surface area (Å²) in [6.45, 7) is 0. The van der Waals surface area contributed by atoms with Crippen LogP contribution in [-0.2, 0) is 6.18 Å². The maximum Gasteiger partial charge on any atom is 0.420 e. The molecule has 3 rings (SSSR count). The molecule has 0 saturated carbocycles. The van der Waals surface area contributed by atoms with E-state index in [0.717, 1.165) is 12.3 Å². The number of hydrogen-bond donors (Lipinski definition) is 1. The Morgan fingerprint density at radius 1 is 1.18 bits per heavy atom. The molecule has 4 nitrogen and oxygen atoms in total. The fourth-order valence-corrected chi connectivity index (χ4v) is 2.08. The van der Waals surface area contributed by atoms with Crippen molar-refractivity contribution in [2.45, 2.75) is 6.18 Å². The highest BCUT2D eigenvalue weighted by Crippen LogP contribution is 2.37. The molecule has 3 aromatic rings. The van der Waals surface area contributed by atoms with Gasteiger partial charge in [0.25, 0.3) is 0 Å². The summed E-state index contributed by atoms with van der Waals surface area (Å²) in [6, 6.07) is 7.87. The minimum absolute atomic E-state index is 0.0177. The molecule has 2 heterocycles. The summed E-state index contributed by atoms with van der Waals surface area (Å²) in [5, 5.41) is 9.10. The van der Waals surface area contributed by atoms with E-state index in [4.69, 9.17) is 9.52 Å². The molecular formula is C15H8F3NO3. The van der Waals surface area contributed by atoms with Gasteiger partial charge >= 0.3 is 12.1 Å². The monoisotopic (exact) mass is 307 g/mol. The highest BCUT2D eigenvalue weighted by molar-refractivity contribution is 5.88. The molecule has 0 aliphatic rings. The van der Waals surface area contributed by atoms with Gasteiger partial charge in [-0.05, 0) is 24.3 Å².